The average molecular weight is 490 g/mol. The summed E-state index contributed by atoms with van der Waals surface area (Å²) in [7, 11) is 0. The maximum absolute atomic E-state index is 13.8. The first-order valence-electron chi connectivity index (χ1n) is 13.1. The number of benzene rings is 2. The van der Waals surface area contributed by atoms with Gasteiger partial charge in [-0.05, 0) is 37.5 Å². The van der Waals surface area contributed by atoms with E-state index in [4.69, 9.17) is 9.47 Å². The Bertz CT molecular complexity index is 1240. The van der Waals surface area contributed by atoms with E-state index in [0.717, 1.165) is 59.3 Å². The minimum Gasteiger partial charge on any atom is -0.494 e. The molecule has 1 fully saturated rings. The standard InChI is InChI=1S/C29H35N3O4/c1-3-5-16-35-17-10-15-31-19-26(33)32-24(29(31)34)18-22-20-11-6-8-13-23(20)30-27(22)28(32)21-12-7-9-14-25(21)36-4-2/h6-9,11-14,24,28,30H,3-5,10,15-19H2,1-2H3/t24-,28-/m0/s1. The van der Waals surface area contributed by atoms with Crippen LogP contribution in [0.1, 0.15) is 56.0 Å². The molecule has 2 aromatic carbocycles. The summed E-state index contributed by atoms with van der Waals surface area (Å²) in [6.07, 6.45) is 3.36. The quantitative estimate of drug-likeness (QED) is 0.427. The Morgan fingerprint density at radius 1 is 1.00 bits per heavy atom. The van der Waals surface area contributed by atoms with Gasteiger partial charge in [0, 0.05) is 48.3 Å². The third-order valence-electron chi connectivity index (χ3n) is 7.21. The molecule has 2 aliphatic rings. The molecular formula is C29H35N3O4. The molecule has 0 bridgehead atoms. The first kappa shape index (κ1) is 24.4. The summed E-state index contributed by atoms with van der Waals surface area (Å²) in [5.41, 5.74) is 3.99. The van der Waals surface area contributed by atoms with E-state index in [-0.39, 0.29) is 18.4 Å². The minimum atomic E-state index is -0.543. The molecule has 0 aliphatic carbocycles. The number of nitrogens with zero attached hydrogens (tertiary/aromatic N) is 2. The Morgan fingerprint density at radius 3 is 2.61 bits per heavy atom. The zero-order valence-electron chi connectivity index (χ0n) is 21.2. The summed E-state index contributed by atoms with van der Waals surface area (Å²) in [4.78, 5) is 34.6. The summed E-state index contributed by atoms with van der Waals surface area (Å²) >= 11 is 0. The number of para-hydroxylation sites is 2. The van der Waals surface area contributed by atoms with Crippen molar-refractivity contribution >= 4 is 22.7 Å². The molecule has 7 nitrogen and oxygen atoms in total. The van der Waals surface area contributed by atoms with Gasteiger partial charge in [0.2, 0.25) is 11.8 Å². The summed E-state index contributed by atoms with van der Waals surface area (Å²) in [6.45, 7) is 6.57. The molecule has 0 unspecified atom stereocenters. The Labute approximate surface area is 212 Å². The number of fused-ring (bicyclic) bond motifs is 4. The van der Waals surface area contributed by atoms with Gasteiger partial charge in [-0.3, -0.25) is 9.59 Å². The molecule has 1 saturated heterocycles. The third kappa shape index (κ3) is 4.48. The molecule has 1 N–H and O–H groups in total. The van der Waals surface area contributed by atoms with E-state index in [1.807, 2.05) is 49.4 Å². The van der Waals surface area contributed by atoms with Crippen LogP contribution in [0.25, 0.3) is 10.9 Å². The van der Waals surface area contributed by atoms with Crippen LogP contribution in [0.2, 0.25) is 0 Å². The summed E-state index contributed by atoms with van der Waals surface area (Å²) in [6, 6.07) is 15.0. The lowest BCUT2D eigenvalue weighted by Gasteiger charge is -2.47. The normalized spacial score (nSPS) is 19.5. The molecule has 2 aliphatic heterocycles. The van der Waals surface area contributed by atoms with Crippen LogP contribution in [0, 0.1) is 0 Å². The van der Waals surface area contributed by atoms with Crippen LogP contribution in [-0.4, -0.2) is 65.6 Å². The molecule has 0 radical (unpaired) electrons. The molecule has 5 rings (SSSR count). The smallest absolute Gasteiger partial charge is 0.246 e. The number of nitrogens with one attached hydrogen (secondary N) is 1. The van der Waals surface area contributed by atoms with Crippen LogP contribution in [0.5, 0.6) is 5.75 Å². The highest BCUT2D eigenvalue weighted by atomic mass is 16.5. The predicted octanol–water partition coefficient (Wildman–Crippen LogP) is 4.46. The van der Waals surface area contributed by atoms with Gasteiger partial charge < -0.3 is 24.3 Å². The third-order valence-corrected chi connectivity index (χ3v) is 7.21. The van der Waals surface area contributed by atoms with Crippen molar-refractivity contribution in [1.82, 2.24) is 14.8 Å². The molecule has 190 valence electrons. The SMILES string of the molecule is CCCCOCCCN1CC(=O)N2[C@@H](c3ccccc3OCC)c3[nH]c4ccccc4c3C[C@H]2C1=O. The van der Waals surface area contributed by atoms with E-state index >= 15 is 0 Å². The summed E-state index contributed by atoms with van der Waals surface area (Å²) < 4.78 is 11.7. The number of hydrogen-bond acceptors (Lipinski definition) is 4. The van der Waals surface area contributed by atoms with Gasteiger partial charge in [0.1, 0.15) is 17.8 Å². The zero-order valence-corrected chi connectivity index (χ0v) is 21.2. The second-order valence-corrected chi connectivity index (χ2v) is 9.54. The first-order chi connectivity index (χ1) is 17.6. The van der Waals surface area contributed by atoms with Crippen molar-refractivity contribution in [2.45, 2.75) is 51.6 Å². The molecule has 2 amide bonds. The highest BCUT2D eigenvalue weighted by Crippen LogP contribution is 2.44. The van der Waals surface area contributed by atoms with Crippen LogP contribution in [0.3, 0.4) is 0 Å². The maximum Gasteiger partial charge on any atom is 0.246 e. The van der Waals surface area contributed by atoms with E-state index < -0.39 is 12.1 Å². The Balaban J connectivity index is 1.50. The molecule has 2 atom stereocenters. The summed E-state index contributed by atoms with van der Waals surface area (Å²) in [5.74, 6) is 0.715. The van der Waals surface area contributed by atoms with Crippen molar-refractivity contribution < 1.29 is 19.1 Å². The highest BCUT2D eigenvalue weighted by Gasteiger charge is 2.48. The number of unbranched alkanes of at least 4 members (excludes halogenated alkanes) is 1. The number of ether oxygens (including phenoxy) is 2. The van der Waals surface area contributed by atoms with Crippen molar-refractivity contribution in [2.75, 3.05) is 32.9 Å². The van der Waals surface area contributed by atoms with Crippen molar-refractivity contribution in [3.63, 3.8) is 0 Å². The lowest BCUT2D eigenvalue weighted by atomic mass is 9.86. The van der Waals surface area contributed by atoms with Gasteiger partial charge in [-0.2, -0.15) is 0 Å². The fourth-order valence-corrected chi connectivity index (χ4v) is 5.54. The number of piperazine rings is 1. The second-order valence-electron chi connectivity index (χ2n) is 9.54. The van der Waals surface area contributed by atoms with Crippen LogP contribution >= 0.6 is 0 Å². The molecule has 0 spiro atoms. The van der Waals surface area contributed by atoms with Gasteiger partial charge in [-0.15, -0.1) is 0 Å². The number of aromatic amines is 1. The number of carbonyl (C=O) groups is 2. The number of H-pyrrole nitrogens is 1. The van der Waals surface area contributed by atoms with E-state index in [9.17, 15) is 9.59 Å². The topological polar surface area (TPSA) is 74.9 Å². The van der Waals surface area contributed by atoms with Crippen molar-refractivity contribution in [3.8, 4) is 5.75 Å². The van der Waals surface area contributed by atoms with E-state index in [0.29, 0.717) is 26.2 Å². The molecule has 7 heteroatoms. The van der Waals surface area contributed by atoms with Gasteiger partial charge in [0.05, 0.1) is 13.2 Å². The van der Waals surface area contributed by atoms with Crippen molar-refractivity contribution in [2.24, 2.45) is 0 Å². The number of amides is 2. The Hall–Kier alpha value is -3.32. The Kier molecular flexibility index (Phi) is 7.28. The second kappa shape index (κ2) is 10.7. The van der Waals surface area contributed by atoms with Crippen LogP contribution in [0.15, 0.2) is 48.5 Å². The van der Waals surface area contributed by atoms with Gasteiger partial charge in [-0.25, -0.2) is 0 Å². The van der Waals surface area contributed by atoms with Crippen molar-refractivity contribution in [1.29, 1.82) is 0 Å². The Morgan fingerprint density at radius 2 is 1.78 bits per heavy atom. The lowest BCUT2D eigenvalue weighted by Crippen LogP contribution is -2.63. The van der Waals surface area contributed by atoms with Gasteiger partial charge in [-0.1, -0.05) is 49.7 Å². The number of carbonyl (C=O) groups excluding carboxylic acids is 2. The number of hydrogen-bond donors (Lipinski definition) is 1. The lowest BCUT2D eigenvalue weighted by molar-refractivity contribution is -0.158. The van der Waals surface area contributed by atoms with E-state index in [2.05, 4.69) is 18.0 Å². The number of rotatable bonds is 10. The fourth-order valence-electron chi connectivity index (χ4n) is 5.54. The minimum absolute atomic E-state index is 0.0120. The first-order valence-corrected chi connectivity index (χ1v) is 13.1. The number of aromatic nitrogens is 1. The van der Waals surface area contributed by atoms with E-state index in [1.54, 1.807) is 9.80 Å². The largest absolute Gasteiger partial charge is 0.494 e. The maximum atomic E-state index is 13.8. The van der Waals surface area contributed by atoms with E-state index in [1.165, 1.54) is 0 Å². The molecule has 3 heterocycles. The van der Waals surface area contributed by atoms with Gasteiger partial charge in [0.25, 0.3) is 0 Å². The van der Waals surface area contributed by atoms with Crippen molar-refractivity contribution in [3.05, 3.63) is 65.4 Å². The molecule has 36 heavy (non-hydrogen) atoms. The molecule has 1 aromatic heterocycles. The molecule has 3 aromatic rings. The zero-order chi connectivity index (χ0) is 25.1. The molecular weight excluding hydrogens is 454 g/mol. The highest BCUT2D eigenvalue weighted by molar-refractivity contribution is 5.97. The average Bonchev–Trinajstić information content (AvgIpc) is 3.27. The predicted molar refractivity (Wildman–Crippen MR) is 139 cm³/mol. The van der Waals surface area contributed by atoms with Gasteiger partial charge >= 0.3 is 0 Å². The monoisotopic (exact) mass is 489 g/mol. The van der Waals surface area contributed by atoms with Crippen LogP contribution in [-0.2, 0) is 20.7 Å². The molecule has 0 saturated carbocycles. The summed E-state index contributed by atoms with van der Waals surface area (Å²) in [5, 5.41) is 1.10. The van der Waals surface area contributed by atoms with Crippen LogP contribution < -0.4 is 4.74 Å². The fraction of sp³-hybridized carbons (Fsp3) is 0.448. The van der Waals surface area contributed by atoms with Crippen LogP contribution in [0.4, 0.5) is 0 Å². The van der Waals surface area contributed by atoms with Gasteiger partial charge in [0.15, 0.2) is 0 Å².